The third-order valence-electron chi connectivity index (χ3n) is 6.75. The molecule has 4 aromatic rings. The Morgan fingerprint density at radius 1 is 0.971 bits per heavy atom. The van der Waals surface area contributed by atoms with Gasteiger partial charge in [-0.15, -0.1) is 0 Å². The molecule has 1 saturated carbocycles. The SMILES string of the molecule is CN1CCN(c2cnc(-c3c(-c4nn(C(C)(C)C)c5ncnc(N)c45)noc3C3CC3)nc2)CC1. The summed E-state index contributed by atoms with van der Waals surface area (Å²) in [6.45, 7) is 10.2. The third kappa shape index (κ3) is 3.79. The van der Waals surface area contributed by atoms with Crippen LogP contribution in [0.1, 0.15) is 45.3 Å². The zero-order chi connectivity index (χ0) is 24.3. The number of nitrogen functional groups attached to an aromatic ring is 1. The summed E-state index contributed by atoms with van der Waals surface area (Å²) in [5.74, 6) is 2.06. The molecule has 0 radical (unpaired) electrons. The van der Waals surface area contributed by atoms with Crippen molar-refractivity contribution in [1.82, 2.24) is 39.8 Å². The number of rotatable bonds is 4. The molecule has 1 aliphatic carbocycles. The van der Waals surface area contributed by atoms with E-state index in [0.29, 0.717) is 40.0 Å². The quantitative estimate of drug-likeness (QED) is 0.471. The fourth-order valence-electron chi connectivity index (χ4n) is 4.59. The van der Waals surface area contributed by atoms with E-state index >= 15 is 0 Å². The molecule has 11 nitrogen and oxygen atoms in total. The third-order valence-corrected chi connectivity index (χ3v) is 6.75. The summed E-state index contributed by atoms with van der Waals surface area (Å²) in [5, 5.41) is 10.0. The maximum Gasteiger partial charge on any atom is 0.165 e. The maximum absolute atomic E-state index is 6.33. The molecule has 6 rings (SSSR count). The number of nitrogens with zero attached hydrogens (tertiary/aromatic N) is 9. The van der Waals surface area contributed by atoms with Crippen molar-refractivity contribution in [2.75, 3.05) is 43.9 Å². The van der Waals surface area contributed by atoms with E-state index < -0.39 is 0 Å². The summed E-state index contributed by atoms with van der Waals surface area (Å²) in [4.78, 5) is 22.9. The molecule has 11 heteroatoms. The van der Waals surface area contributed by atoms with Crippen molar-refractivity contribution < 1.29 is 4.52 Å². The van der Waals surface area contributed by atoms with Crippen LogP contribution in [0.3, 0.4) is 0 Å². The Labute approximate surface area is 203 Å². The second-order valence-corrected chi connectivity index (χ2v) is 10.5. The number of anilines is 2. The van der Waals surface area contributed by atoms with Gasteiger partial charge in [0.15, 0.2) is 17.2 Å². The average Bonchev–Trinajstić information content (AvgIpc) is 3.45. The Balaban J connectivity index is 1.48. The van der Waals surface area contributed by atoms with Crippen LogP contribution in [0.5, 0.6) is 0 Å². The molecule has 1 aliphatic heterocycles. The van der Waals surface area contributed by atoms with Crippen molar-refractivity contribution in [3.8, 4) is 22.8 Å². The van der Waals surface area contributed by atoms with Gasteiger partial charge in [0.2, 0.25) is 0 Å². The molecule has 0 aromatic carbocycles. The van der Waals surface area contributed by atoms with Crippen LogP contribution in [0.2, 0.25) is 0 Å². The predicted octanol–water partition coefficient (Wildman–Crippen LogP) is 2.90. The lowest BCUT2D eigenvalue weighted by atomic mass is 10.1. The molecule has 4 aromatic heterocycles. The van der Waals surface area contributed by atoms with E-state index in [1.54, 1.807) is 0 Å². The van der Waals surface area contributed by atoms with Crippen LogP contribution in [-0.2, 0) is 5.54 Å². The maximum atomic E-state index is 6.33. The van der Waals surface area contributed by atoms with Crippen molar-refractivity contribution in [1.29, 1.82) is 0 Å². The predicted molar refractivity (Wildman–Crippen MR) is 133 cm³/mol. The summed E-state index contributed by atoms with van der Waals surface area (Å²) in [6, 6.07) is 0. The monoisotopic (exact) mass is 474 g/mol. The smallest absolute Gasteiger partial charge is 0.165 e. The highest BCUT2D eigenvalue weighted by Crippen LogP contribution is 2.48. The molecule has 0 amide bonds. The van der Waals surface area contributed by atoms with Gasteiger partial charge in [0, 0.05) is 32.1 Å². The number of fused-ring (bicyclic) bond motifs is 1. The molecular weight excluding hydrogens is 444 g/mol. The topological polar surface area (TPSA) is 128 Å². The molecule has 0 spiro atoms. The summed E-state index contributed by atoms with van der Waals surface area (Å²) in [7, 11) is 2.15. The van der Waals surface area contributed by atoms with Crippen molar-refractivity contribution in [3.63, 3.8) is 0 Å². The number of nitrogens with two attached hydrogens (primary N) is 1. The first-order valence-electron chi connectivity index (χ1n) is 12.1. The van der Waals surface area contributed by atoms with Gasteiger partial charge < -0.3 is 20.1 Å². The fourth-order valence-corrected chi connectivity index (χ4v) is 4.59. The highest BCUT2D eigenvalue weighted by molar-refractivity contribution is 6.00. The minimum Gasteiger partial charge on any atom is -0.383 e. The van der Waals surface area contributed by atoms with E-state index in [9.17, 15) is 0 Å². The Morgan fingerprint density at radius 3 is 2.34 bits per heavy atom. The Morgan fingerprint density at radius 2 is 1.69 bits per heavy atom. The van der Waals surface area contributed by atoms with Crippen molar-refractivity contribution in [2.24, 2.45) is 0 Å². The van der Waals surface area contributed by atoms with Crippen LogP contribution in [-0.4, -0.2) is 73.0 Å². The summed E-state index contributed by atoms with van der Waals surface area (Å²) in [6.07, 6.45) is 7.37. The van der Waals surface area contributed by atoms with Crippen LogP contribution in [0.4, 0.5) is 11.5 Å². The van der Waals surface area contributed by atoms with E-state index in [2.05, 4.69) is 52.7 Å². The Kier molecular flexibility index (Phi) is 4.99. The van der Waals surface area contributed by atoms with Crippen LogP contribution >= 0.6 is 0 Å². The number of hydrogen-bond acceptors (Lipinski definition) is 10. The normalized spacial score (nSPS) is 17.4. The molecule has 0 unspecified atom stereocenters. The zero-order valence-corrected chi connectivity index (χ0v) is 20.6. The Bertz CT molecular complexity index is 1370. The van der Waals surface area contributed by atoms with E-state index in [0.717, 1.165) is 56.0 Å². The van der Waals surface area contributed by atoms with E-state index in [1.807, 2.05) is 17.1 Å². The van der Waals surface area contributed by atoms with Gasteiger partial charge >= 0.3 is 0 Å². The Hall–Kier alpha value is -3.60. The van der Waals surface area contributed by atoms with Crippen LogP contribution in [0.15, 0.2) is 23.2 Å². The highest BCUT2D eigenvalue weighted by Gasteiger charge is 2.36. The first-order chi connectivity index (χ1) is 16.8. The highest BCUT2D eigenvalue weighted by atomic mass is 16.5. The van der Waals surface area contributed by atoms with Gasteiger partial charge in [0.25, 0.3) is 0 Å². The summed E-state index contributed by atoms with van der Waals surface area (Å²) >= 11 is 0. The van der Waals surface area contributed by atoms with Gasteiger partial charge in [-0.3, -0.25) is 0 Å². The molecule has 0 atom stereocenters. The minimum atomic E-state index is -0.318. The van der Waals surface area contributed by atoms with Crippen LogP contribution in [0, 0.1) is 0 Å². The molecule has 182 valence electrons. The van der Waals surface area contributed by atoms with Gasteiger partial charge in [-0.2, -0.15) is 5.10 Å². The number of likely N-dealkylation sites (N-methyl/N-ethyl adjacent to an activating group) is 1. The van der Waals surface area contributed by atoms with Gasteiger partial charge in [0.1, 0.15) is 23.5 Å². The first-order valence-corrected chi connectivity index (χ1v) is 12.1. The minimum absolute atomic E-state index is 0.316. The molecular formula is C24H30N10O. The van der Waals surface area contributed by atoms with Gasteiger partial charge in [0.05, 0.1) is 34.6 Å². The molecule has 2 aliphatic rings. The van der Waals surface area contributed by atoms with E-state index in [1.165, 1.54) is 6.33 Å². The lowest BCUT2D eigenvalue weighted by molar-refractivity contribution is 0.312. The largest absolute Gasteiger partial charge is 0.383 e. The van der Waals surface area contributed by atoms with Crippen molar-refractivity contribution >= 4 is 22.5 Å². The number of hydrogen-bond donors (Lipinski definition) is 1. The lowest BCUT2D eigenvalue weighted by Gasteiger charge is -2.33. The van der Waals surface area contributed by atoms with Gasteiger partial charge in [-0.1, -0.05) is 5.16 Å². The van der Waals surface area contributed by atoms with Crippen molar-refractivity contribution in [2.45, 2.75) is 45.1 Å². The molecule has 2 N–H and O–H groups in total. The molecule has 2 fully saturated rings. The van der Waals surface area contributed by atoms with Crippen LogP contribution < -0.4 is 10.6 Å². The van der Waals surface area contributed by atoms with E-state index in [-0.39, 0.29) is 5.54 Å². The number of aromatic nitrogens is 7. The second-order valence-electron chi connectivity index (χ2n) is 10.5. The fraction of sp³-hybridized carbons (Fsp3) is 0.500. The molecule has 0 bridgehead atoms. The average molecular weight is 475 g/mol. The first kappa shape index (κ1) is 21.9. The van der Waals surface area contributed by atoms with Gasteiger partial charge in [-0.25, -0.2) is 24.6 Å². The summed E-state index contributed by atoms with van der Waals surface area (Å²) in [5.41, 5.74) is 9.64. The second kappa shape index (κ2) is 7.98. The number of piperazine rings is 1. The van der Waals surface area contributed by atoms with Gasteiger partial charge in [-0.05, 0) is 40.7 Å². The molecule has 5 heterocycles. The van der Waals surface area contributed by atoms with E-state index in [4.69, 9.17) is 25.3 Å². The standard InChI is InChI=1S/C24H30N10O/c1-24(2,3)34-23-17(21(25)28-13-29-23)18(30-34)19-16(20(35-31-19)14-5-6-14)22-26-11-15(12-27-22)33-9-7-32(4)8-10-33/h11-14H,5-10H2,1-4H3,(H2,25,28,29). The lowest BCUT2D eigenvalue weighted by Crippen LogP contribution is -2.44. The van der Waals surface area contributed by atoms with Crippen LogP contribution in [0.25, 0.3) is 33.8 Å². The van der Waals surface area contributed by atoms with Crippen molar-refractivity contribution in [3.05, 3.63) is 24.5 Å². The zero-order valence-electron chi connectivity index (χ0n) is 20.6. The molecule has 35 heavy (non-hydrogen) atoms. The summed E-state index contributed by atoms with van der Waals surface area (Å²) < 4.78 is 7.76. The molecule has 1 saturated heterocycles.